The van der Waals surface area contributed by atoms with Crippen LogP contribution in [0.4, 0.5) is 0 Å². The van der Waals surface area contributed by atoms with Gasteiger partial charge in [0.1, 0.15) is 0 Å². The molecule has 2 aromatic rings. The highest BCUT2D eigenvalue weighted by atomic mass is 16.5. The second-order valence-corrected chi connectivity index (χ2v) is 7.07. The summed E-state index contributed by atoms with van der Waals surface area (Å²) in [6.07, 6.45) is 0. The molecule has 0 radical (unpaired) electrons. The lowest BCUT2D eigenvalue weighted by molar-refractivity contribution is 0.318. The van der Waals surface area contributed by atoms with E-state index in [0.29, 0.717) is 34.5 Å². The summed E-state index contributed by atoms with van der Waals surface area (Å²) < 4.78 is 32.8. The van der Waals surface area contributed by atoms with Crippen LogP contribution in [0.15, 0.2) is 24.3 Å². The molecule has 2 N–H and O–H groups in total. The molecule has 2 aromatic carbocycles. The van der Waals surface area contributed by atoms with Crippen molar-refractivity contribution in [2.75, 3.05) is 42.7 Å². The average molecular weight is 405 g/mol. The van der Waals surface area contributed by atoms with Crippen molar-refractivity contribution >= 4 is 0 Å². The van der Waals surface area contributed by atoms with Crippen LogP contribution >= 0.6 is 0 Å². The third kappa shape index (κ3) is 4.15. The van der Waals surface area contributed by atoms with Gasteiger partial charge in [-0.25, -0.2) is 0 Å². The molecule has 2 rings (SSSR count). The van der Waals surface area contributed by atoms with Crippen LogP contribution in [0.25, 0.3) is 0 Å². The molecular weight excluding hydrogens is 374 g/mol. The van der Waals surface area contributed by atoms with E-state index in [4.69, 9.17) is 34.2 Å². The zero-order chi connectivity index (χ0) is 21.8. The molecule has 0 amide bonds. The van der Waals surface area contributed by atoms with Gasteiger partial charge >= 0.3 is 0 Å². The summed E-state index contributed by atoms with van der Waals surface area (Å²) in [6, 6.07) is 7.18. The Morgan fingerprint density at radius 2 is 0.966 bits per heavy atom. The molecule has 0 aliphatic carbocycles. The Bertz CT molecular complexity index is 799. The summed E-state index contributed by atoms with van der Waals surface area (Å²) in [7, 11) is 9.49. The van der Waals surface area contributed by atoms with Crippen molar-refractivity contribution in [2.45, 2.75) is 25.3 Å². The highest BCUT2D eigenvalue weighted by Gasteiger charge is 2.33. The van der Waals surface area contributed by atoms with Gasteiger partial charge in [-0.3, -0.25) is 0 Å². The fraction of sp³-hybridized carbons (Fsp3) is 0.455. The lowest BCUT2D eigenvalue weighted by atomic mass is 9.75. The molecule has 7 heteroatoms. The number of ether oxygens (including phenoxy) is 6. The Labute approximate surface area is 172 Å². The zero-order valence-corrected chi connectivity index (χ0v) is 18.4. The van der Waals surface area contributed by atoms with Gasteiger partial charge in [-0.05, 0) is 35.4 Å². The molecule has 0 saturated heterocycles. The van der Waals surface area contributed by atoms with Gasteiger partial charge in [0.05, 0.1) is 42.7 Å². The molecule has 0 aliphatic heterocycles. The highest BCUT2D eigenvalue weighted by Crippen LogP contribution is 2.46. The monoisotopic (exact) mass is 405 g/mol. The number of hydrogen-bond acceptors (Lipinski definition) is 7. The van der Waals surface area contributed by atoms with E-state index in [0.717, 1.165) is 11.1 Å². The second kappa shape index (κ2) is 9.13. The van der Waals surface area contributed by atoms with Crippen LogP contribution in [-0.2, 0) is 5.41 Å². The third-order valence-electron chi connectivity index (χ3n) is 5.23. The fourth-order valence-corrected chi connectivity index (χ4v) is 3.33. The maximum absolute atomic E-state index is 6.73. The van der Waals surface area contributed by atoms with Crippen molar-refractivity contribution in [1.29, 1.82) is 0 Å². The zero-order valence-electron chi connectivity index (χ0n) is 18.4. The highest BCUT2D eigenvalue weighted by molar-refractivity contribution is 5.57. The first-order chi connectivity index (χ1) is 13.8. The fourth-order valence-electron chi connectivity index (χ4n) is 3.33. The minimum atomic E-state index is -0.489. The molecule has 0 aliphatic rings. The Morgan fingerprint density at radius 1 is 0.621 bits per heavy atom. The third-order valence-corrected chi connectivity index (χ3v) is 5.23. The van der Waals surface area contributed by atoms with Gasteiger partial charge in [0.15, 0.2) is 23.0 Å². The Kier molecular flexibility index (Phi) is 7.08. The van der Waals surface area contributed by atoms with Gasteiger partial charge < -0.3 is 34.2 Å². The van der Waals surface area contributed by atoms with Gasteiger partial charge in [0, 0.05) is 11.5 Å². The van der Waals surface area contributed by atoms with Crippen molar-refractivity contribution in [3.8, 4) is 34.5 Å². The largest absolute Gasteiger partial charge is 0.493 e. The summed E-state index contributed by atoms with van der Waals surface area (Å²) in [5, 5.41) is 0. The molecular formula is C22H31NO6. The van der Waals surface area contributed by atoms with Crippen LogP contribution in [-0.4, -0.2) is 42.7 Å². The van der Waals surface area contributed by atoms with Crippen molar-refractivity contribution in [3.05, 3.63) is 35.4 Å². The Hall–Kier alpha value is -2.80. The Balaban J connectivity index is 2.59. The van der Waals surface area contributed by atoms with Crippen molar-refractivity contribution in [1.82, 2.24) is 0 Å². The van der Waals surface area contributed by atoms with Gasteiger partial charge in [-0.2, -0.15) is 0 Å². The molecule has 0 bridgehead atoms. The van der Waals surface area contributed by atoms with Crippen molar-refractivity contribution < 1.29 is 28.4 Å². The normalized spacial score (nSPS) is 12.2. The van der Waals surface area contributed by atoms with Gasteiger partial charge in [-0.15, -0.1) is 0 Å². The van der Waals surface area contributed by atoms with E-state index in [-0.39, 0.29) is 6.04 Å². The van der Waals surface area contributed by atoms with E-state index in [2.05, 4.69) is 13.8 Å². The maximum Gasteiger partial charge on any atom is 0.203 e. The summed E-state index contributed by atoms with van der Waals surface area (Å²) >= 11 is 0. The summed E-state index contributed by atoms with van der Waals surface area (Å²) in [5.41, 5.74) is 8.03. The lowest BCUT2D eigenvalue weighted by Crippen LogP contribution is -2.33. The van der Waals surface area contributed by atoms with Crippen LogP contribution in [0.5, 0.6) is 34.5 Å². The summed E-state index contributed by atoms with van der Waals surface area (Å²) in [4.78, 5) is 0. The van der Waals surface area contributed by atoms with Crippen LogP contribution in [0.3, 0.4) is 0 Å². The first kappa shape index (κ1) is 22.5. The van der Waals surface area contributed by atoms with Gasteiger partial charge in [-0.1, -0.05) is 13.8 Å². The minimum Gasteiger partial charge on any atom is -0.493 e. The molecule has 0 spiro atoms. The van der Waals surface area contributed by atoms with Gasteiger partial charge in [0.25, 0.3) is 0 Å². The van der Waals surface area contributed by atoms with E-state index in [1.54, 1.807) is 42.7 Å². The molecule has 0 fully saturated rings. The topological polar surface area (TPSA) is 81.4 Å². The van der Waals surface area contributed by atoms with E-state index >= 15 is 0 Å². The van der Waals surface area contributed by atoms with E-state index < -0.39 is 5.41 Å². The van der Waals surface area contributed by atoms with Crippen LogP contribution in [0.2, 0.25) is 0 Å². The lowest BCUT2D eigenvalue weighted by Gasteiger charge is -2.34. The predicted octanol–water partition coefficient (Wildman–Crippen LogP) is 3.72. The van der Waals surface area contributed by atoms with Crippen LogP contribution in [0.1, 0.15) is 31.0 Å². The van der Waals surface area contributed by atoms with Crippen LogP contribution < -0.4 is 34.2 Å². The number of hydrogen-bond donors (Lipinski definition) is 1. The van der Waals surface area contributed by atoms with Crippen LogP contribution in [0, 0.1) is 0 Å². The van der Waals surface area contributed by atoms with E-state index in [9.17, 15) is 0 Å². The first-order valence-corrected chi connectivity index (χ1v) is 9.14. The molecule has 0 saturated carbocycles. The molecule has 160 valence electrons. The number of rotatable bonds is 9. The molecule has 0 aromatic heterocycles. The standard InChI is InChI=1S/C22H31NO6/c1-22(2,14-11-17(26-5)20(29-8)18(12-14)27-6)21(23)13-9-15(24-3)19(28-7)16(10-13)25-4/h9-12,21H,23H2,1-8H3. The van der Waals surface area contributed by atoms with E-state index in [1.807, 2.05) is 24.3 Å². The Morgan fingerprint density at radius 3 is 1.28 bits per heavy atom. The first-order valence-electron chi connectivity index (χ1n) is 9.14. The molecule has 1 unspecified atom stereocenters. The molecule has 0 heterocycles. The number of nitrogens with two attached hydrogens (primary N) is 1. The summed E-state index contributed by atoms with van der Waals surface area (Å²) in [6.45, 7) is 4.11. The van der Waals surface area contributed by atoms with Gasteiger partial charge in [0.2, 0.25) is 11.5 Å². The minimum absolute atomic E-state index is 0.390. The maximum atomic E-state index is 6.73. The summed E-state index contributed by atoms with van der Waals surface area (Å²) in [5.74, 6) is 3.32. The van der Waals surface area contributed by atoms with Crippen molar-refractivity contribution in [3.63, 3.8) is 0 Å². The van der Waals surface area contributed by atoms with Crippen molar-refractivity contribution in [2.24, 2.45) is 5.73 Å². The molecule has 7 nitrogen and oxygen atoms in total. The quantitative estimate of drug-likeness (QED) is 0.681. The van der Waals surface area contributed by atoms with E-state index in [1.165, 1.54) is 0 Å². The number of methoxy groups -OCH3 is 6. The SMILES string of the molecule is COc1cc(C(N)C(C)(C)c2cc(OC)c(OC)c(OC)c2)cc(OC)c1OC. The molecule has 29 heavy (non-hydrogen) atoms. The number of benzene rings is 2. The smallest absolute Gasteiger partial charge is 0.203 e. The second-order valence-electron chi connectivity index (χ2n) is 7.07. The average Bonchev–Trinajstić information content (AvgIpc) is 2.75. The molecule has 1 atom stereocenters. The predicted molar refractivity (Wildman–Crippen MR) is 112 cm³/mol.